The van der Waals surface area contributed by atoms with Gasteiger partial charge >= 0.3 is 0 Å². The van der Waals surface area contributed by atoms with Crippen LogP contribution in [-0.2, 0) is 10.2 Å². The van der Waals surface area contributed by atoms with Gasteiger partial charge in [-0.2, -0.15) is 5.26 Å². The minimum Gasteiger partial charge on any atom is -0.338 e. The van der Waals surface area contributed by atoms with Crippen LogP contribution in [0.3, 0.4) is 0 Å². The fourth-order valence-corrected chi connectivity index (χ4v) is 6.04. The molecular weight excluding hydrogens is 484 g/mol. The van der Waals surface area contributed by atoms with Gasteiger partial charge < -0.3 is 10.2 Å². The Morgan fingerprint density at radius 2 is 1.89 bits per heavy atom. The van der Waals surface area contributed by atoms with Gasteiger partial charge in [-0.1, -0.05) is 49.7 Å². The Labute approximate surface area is 223 Å². The molecule has 6 nitrogen and oxygen atoms in total. The van der Waals surface area contributed by atoms with Gasteiger partial charge in [0.05, 0.1) is 5.69 Å². The summed E-state index contributed by atoms with van der Waals surface area (Å²) in [4.78, 5) is 32.5. The first-order valence-corrected chi connectivity index (χ1v) is 13.3. The molecule has 2 amide bonds. The number of amidine groups is 1. The van der Waals surface area contributed by atoms with Crippen LogP contribution in [0, 0.1) is 29.1 Å². The molecular formula is C30H31ClN4O2. The molecule has 2 aromatic rings. The minimum absolute atomic E-state index is 0.0346. The second-order valence-corrected chi connectivity index (χ2v) is 11.2. The molecule has 2 heterocycles. The van der Waals surface area contributed by atoms with Crippen molar-refractivity contribution in [1.82, 2.24) is 10.2 Å². The number of benzene rings is 2. The summed E-state index contributed by atoms with van der Waals surface area (Å²) in [5.74, 6) is 1.21. The van der Waals surface area contributed by atoms with Crippen molar-refractivity contribution in [2.75, 3.05) is 13.1 Å². The first-order valence-electron chi connectivity index (χ1n) is 13.0. The van der Waals surface area contributed by atoms with Crippen LogP contribution in [0.4, 0.5) is 5.69 Å². The molecule has 0 radical (unpaired) electrons. The van der Waals surface area contributed by atoms with Gasteiger partial charge in [0, 0.05) is 35.0 Å². The summed E-state index contributed by atoms with van der Waals surface area (Å²) in [7, 11) is 0. The van der Waals surface area contributed by atoms with Crippen LogP contribution >= 0.6 is 11.6 Å². The van der Waals surface area contributed by atoms with E-state index in [4.69, 9.17) is 16.6 Å². The van der Waals surface area contributed by atoms with Crippen LogP contribution in [0.15, 0.2) is 65.2 Å². The van der Waals surface area contributed by atoms with E-state index in [0.29, 0.717) is 29.6 Å². The highest BCUT2D eigenvalue weighted by Gasteiger charge is 2.61. The number of halogens is 1. The molecule has 37 heavy (non-hydrogen) atoms. The van der Waals surface area contributed by atoms with E-state index in [9.17, 15) is 14.9 Å². The topological polar surface area (TPSA) is 85.6 Å². The van der Waals surface area contributed by atoms with Crippen LogP contribution in [0.1, 0.15) is 55.5 Å². The van der Waals surface area contributed by atoms with E-state index in [2.05, 4.69) is 23.5 Å². The largest absolute Gasteiger partial charge is 0.338 e. The Balaban J connectivity index is 1.28. The van der Waals surface area contributed by atoms with Crippen LogP contribution in [0.5, 0.6) is 0 Å². The van der Waals surface area contributed by atoms with Gasteiger partial charge in [-0.25, -0.2) is 4.99 Å². The maximum absolute atomic E-state index is 12.9. The zero-order valence-electron chi connectivity index (χ0n) is 21.2. The van der Waals surface area contributed by atoms with Crippen molar-refractivity contribution < 1.29 is 9.59 Å². The van der Waals surface area contributed by atoms with Crippen molar-refractivity contribution in [3.05, 3.63) is 76.3 Å². The van der Waals surface area contributed by atoms with E-state index in [1.165, 1.54) is 5.56 Å². The number of carbonyl (C=O) groups is 2. The monoisotopic (exact) mass is 514 g/mol. The van der Waals surface area contributed by atoms with E-state index in [-0.39, 0.29) is 34.6 Å². The van der Waals surface area contributed by atoms with E-state index in [1.54, 1.807) is 30.3 Å². The number of rotatable bonds is 5. The molecule has 1 aliphatic carbocycles. The first kappa shape index (κ1) is 25.2. The lowest BCUT2D eigenvalue weighted by molar-refractivity contribution is -0.128. The molecule has 2 fully saturated rings. The number of amides is 2. The summed E-state index contributed by atoms with van der Waals surface area (Å²) >= 11 is 5.98. The number of aliphatic imine (C=N–C) groups is 1. The van der Waals surface area contributed by atoms with Crippen LogP contribution in [-0.4, -0.2) is 35.6 Å². The van der Waals surface area contributed by atoms with Crippen LogP contribution in [0.2, 0.25) is 5.02 Å². The molecule has 2 unspecified atom stereocenters. The SMILES string of the molecule is CC(C)/C=C(/C#N)C(=O)N1CCC(CC23CC2C(NC(=O)c2ccc(Cl)cc2)=Nc2ccccc23)CC1. The number of likely N-dealkylation sites (tertiary alicyclic amines) is 1. The second-order valence-electron chi connectivity index (χ2n) is 10.8. The number of fused-ring (bicyclic) bond motifs is 3. The highest BCUT2D eigenvalue weighted by Crippen LogP contribution is 2.63. The predicted octanol–water partition coefficient (Wildman–Crippen LogP) is 5.81. The molecule has 1 saturated heterocycles. The Hall–Kier alpha value is -3.43. The highest BCUT2D eigenvalue weighted by molar-refractivity contribution is 6.30. The Morgan fingerprint density at radius 1 is 1.19 bits per heavy atom. The average molecular weight is 515 g/mol. The lowest BCUT2D eigenvalue weighted by Gasteiger charge is -2.35. The Kier molecular flexibility index (Phi) is 6.92. The van der Waals surface area contributed by atoms with E-state index < -0.39 is 0 Å². The number of para-hydroxylation sites is 1. The van der Waals surface area contributed by atoms with Crippen molar-refractivity contribution in [1.29, 1.82) is 5.26 Å². The number of carbonyl (C=O) groups excluding carboxylic acids is 2. The molecule has 1 N–H and O–H groups in total. The Morgan fingerprint density at radius 3 is 2.57 bits per heavy atom. The van der Waals surface area contributed by atoms with Gasteiger partial charge in [0.1, 0.15) is 17.5 Å². The molecule has 2 aromatic carbocycles. The number of nitrogens with zero attached hydrogens (tertiary/aromatic N) is 3. The van der Waals surface area contributed by atoms with Gasteiger partial charge in [0.25, 0.3) is 11.8 Å². The predicted molar refractivity (Wildman–Crippen MR) is 145 cm³/mol. The molecule has 2 aliphatic heterocycles. The zero-order chi connectivity index (χ0) is 26.2. The summed E-state index contributed by atoms with van der Waals surface area (Å²) in [6, 6.07) is 17.2. The quantitative estimate of drug-likeness (QED) is 0.404. The summed E-state index contributed by atoms with van der Waals surface area (Å²) in [6.07, 6.45) is 5.52. The van der Waals surface area contributed by atoms with Crippen molar-refractivity contribution in [2.45, 2.75) is 44.9 Å². The molecule has 190 valence electrons. The van der Waals surface area contributed by atoms with Crippen molar-refractivity contribution >= 4 is 34.9 Å². The molecule has 3 aliphatic rings. The second kappa shape index (κ2) is 10.1. The number of hydrogen-bond donors (Lipinski definition) is 1. The maximum atomic E-state index is 12.9. The van der Waals surface area contributed by atoms with Crippen molar-refractivity contribution in [2.24, 2.45) is 22.7 Å². The number of nitriles is 1. The third kappa shape index (κ3) is 5.06. The number of hydrogen-bond acceptors (Lipinski definition) is 4. The zero-order valence-corrected chi connectivity index (χ0v) is 22.0. The lowest BCUT2D eigenvalue weighted by Crippen LogP contribution is -2.40. The summed E-state index contributed by atoms with van der Waals surface area (Å²) in [5, 5.41) is 13.1. The van der Waals surface area contributed by atoms with Crippen LogP contribution in [0.25, 0.3) is 0 Å². The first-order chi connectivity index (χ1) is 17.8. The van der Waals surface area contributed by atoms with E-state index in [1.807, 2.05) is 30.9 Å². The minimum atomic E-state index is -0.176. The smallest absolute Gasteiger partial charge is 0.264 e. The van der Waals surface area contributed by atoms with Gasteiger partial charge in [-0.3, -0.25) is 9.59 Å². The standard InChI is InChI=1S/C30H31ClN4O2/c1-19(2)15-22(18-32)29(37)35-13-11-20(12-14-35)16-30-17-25(30)27(33-26-6-4-3-5-24(26)30)34-28(36)21-7-9-23(31)10-8-21/h3-10,15,19-20,25H,11-14,16-17H2,1-2H3,(H,33,34,36)/b22-15-. The third-order valence-electron chi connectivity index (χ3n) is 7.84. The lowest BCUT2D eigenvalue weighted by atomic mass is 9.78. The fourth-order valence-electron chi connectivity index (χ4n) is 5.92. The number of allylic oxidation sites excluding steroid dienone is 1. The third-order valence-corrected chi connectivity index (χ3v) is 8.09. The maximum Gasteiger partial charge on any atom is 0.264 e. The van der Waals surface area contributed by atoms with Gasteiger partial charge in [0.15, 0.2) is 0 Å². The summed E-state index contributed by atoms with van der Waals surface area (Å²) in [6.45, 7) is 5.27. The van der Waals surface area contributed by atoms with Crippen molar-refractivity contribution in [3.8, 4) is 6.07 Å². The average Bonchev–Trinajstić information content (AvgIpc) is 3.63. The van der Waals surface area contributed by atoms with Gasteiger partial charge in [-0.15, -0.1) is 0 Å². The number of piperidine rings is 1. The van der Waals surface area contributed by atoms with Crippen LogP contribution < -0.4 is 5.32 Å². The Bertz CT molecular complexity index is 1320. The normalized spacial score (nSPS) is 23.0. The molecule has 0 aromatic heterocycles. The number of nitrogens with one attached hydrogen (secondary N) is 1. The molecule has 7 heteroatoms. The van der Waals surface area contributed by atoms with E-state index in [0.717, 1.165) is 37.2 Å². The molecule has 2 atom stereocenters. The fraction of sp³-hybridized carbons (Fsp3) is 0.400. The van der Waals surface area contributed by atoms with E-state index >= 15 is 0 Å². The molecule has 1 saturated carbocycles. The highest BCUT2D eigenvalue weighted by atomic mass is 35.5. The molecule has 0 spiro atoms. The summed E-state index contributed by atoms with van der Waals surface area (Å²) in [5.41, 5.74) is 2.94. The van der Waals surface area contributed by atoms with Gasteiger partial charge in [0.2, 0.25) is 0 Å². The molecule has 5 rings (SSSR count). The molecule has 0 bridgehead atoms. The summed E-state index contributed by atoms with van der Waals surface area (Å²) < 4.78 is 0. The van der Waals surface area contributed by atoms with Crippen molar-refractivity contribution in [3.63, 3.8) is 0 Å². The van der Waals surface area contributed by atoms with Gasteiger partial charge in [-0.05, 0) is 73.4 Å².